The Labute approximate surface area is 87.5 Å². The average Bonchev–Trinajstić information content (AvgIpc) is 1.80. The molecule has 5 nitrogen and oxygen atoms in total. The van der Waals surface area contributed by atoms with Gasteiger partial charge < -0.3 is 10.2 Å². The van der Waals surface area contributed by atoms with Gasteiger partial charge in [-0.2, -0.15) is 8.42 Å². The van der Waals surface area contributed by atoms with E-state index >= 15 is 0 Å². The summed E-state index contributed by atoms with van der Waals surface area (Å²) >= 11 is 0. The van der Waals surface area contributed by atoms with Crippen molar-refractivity contribution in [1.29, 1.82) is 0 Å². The third kappa shape index (κ3) is 6.03. The molecule has 0 aromatic rings. The van der Waals surface area contributed by atoms with Crippen molar-refractivity contribution >= 4 is 39.7 Å². The zero-order valence-corrected chi connectivity index (χ0v) is 9.08. The minimum absolute atomic E-state index is 0. The summed E-state index contributed by atoms with van der Waals surface area (Å²) in [7, 11) is -4.19. The van der Waals surface area contributed by atoms with Crippen LogP contribution >= 0.6 is 0 Å². The Balaban J connectivity index is 0. The minimum atomic E-state index is -4.19. The third-order valence-corrected chi connectivity index (χ3v) is 2.30. The Hall–Kier alpha value is 0.830. The summed E-state index contributed by atoms with van der Waals surface area (Å²) in [6.45, 7) is -1.04. The second-order valence-corrected chi connectivity index (χ2v) is 3.53. The maximum Gasteiger partial charge on any atom is 0.270 e. The largest absolute Gasteiger partial charge is 0.396 e. The van der Waals surface area contributed by atoms with Crippen LogP contribution in [0, 0.1) is 0 Å². The molecule has 0 aliphatic rings. The molecule has 0 amide bonds. The van der Waals surface area contributed by atoms with Crippen LogP contribution in [0.2, 0.25) is 0 Å². The standard InChI is InChI=1S/C4H10O5S.Na/c5-2-1-4(3-6)10(7,8)9;/h4-6H,1-3H2,(H,7,8,9);. The normalized spacial score (nSPS) is 13.7. The van der Waals surface area contributed by atoms with E-state index < -0.39 is 22.0 Å². The van der Waals surface area contributed by atoms with E-state index in [4.69, 9.17) is 14.8 Å². The molecule has 0 aromatic carbocycles. The molecule has 1 radical (unpaired) electrons. The first-order valence-electron chi connectivity index (χ1n) is 2.70. The Morgan fingerprint density at radius 1 is 1.27 bits per heavy atom. The monoisotopic (exact) mass is 193 g/mol. The number of rotatable bonds is 4. The van der Waals surface area contributed by atoms with E-state index in [1.807, 2.05) is 0 Å². The summed E-state index contributed by atoms with van der Waals surface area (Å²) in [4.78, 5) is 0. The SMILES string of the molecule is O=S(=O)(O)C(CO)CCO.[Na]. The molecule has 0 fully saturated rings. The van der Waals surface area contributed by atoms with Gasteiger partial charge in [0, 0.05) is 36.2 Å². The summed E-state index contributed by atoms with van der Waals surface area (Å²) in [6, 6.07) is 0. The molecule has 11 heavy (non-hydrogen) atoms. The zero-order chi connectivity index (χ0) is 8.20. The number of hydrogen-bond acceptors (Lipinski definition) is 4. The van der Waals surface area contributed by atoms with Gasteiger partial charge >= 0.3 is 0 Å². The van der Waals surface area contributed by atoms with Crippen molar-refractivity contribution in [2.75, 3.05) is 13.2 Å². The van der Waals surface area contributed by atoms with Crippen molar-refractivity contribution in [1.82, 2.24) is 0 Å². The number of hydrogen-bond donors (Lipinski definition) is 3. The molecule has 0 aliphatic heterocycles. The van der Waals surface area contributed by atoms with Crippen molar-refractivity contribution in [2.24, 2.45) is 0 Å². The zero-order valence-electron chi connectivity index (χ0n) is 6.27. The molecular formula is C4H10NaO5S. The van der Waals surface area contributed by atoms with E-state index in [1.54, 1.807) is 0 Å². The maximum absolute atomic E-state index is 10.2. The van der Waals surface area contributed by atoms with Crippen LogP contribution in [-0.4, -0.2) is 71.2 Å². The van der Waals surface area contributed by atoms with Crippen LogP contribution in [0.3, 0.4) is 0 Å². The van der Waals surface area contributed by atoms with Crippen LogP contribution in [0.25, 0.3) is 0 Å². The molecule has 1 unspecified atom stereocenters. The number of aliphatic hydroxyl groups excluding tert-OH is 2. The van der Waals surface area contributed by atoms with E-state index in [1.165, 1.54) is 0 Å². The van der Waals surface area contributed by atoms with Gasteiger partial charge in [0.25, 0.3) is 10.1 Å². The summed E-state index contributed by atoms with van der Waals surface area (Å²) < 4.78 is 28.8. The quantitative estimate of drug-likeness (QED) is 0.363. The van der Waals surface area contributed by atoms with E-state index in [0.717, 1.165) is 0 Å². The Kier molecular flexibility index (Phi) is 8.30. The van der Waals surface area contributed by atoms with Gasteiger partial charge in [-0.15, -0.1) is 0 Å². The average molecular weight is 193 g/mol. The van der Waals surface area contributed by atoms with Gasteiger partial charge in [-0.25, -0.2) is 0 Å². The van der Waals surface area contributed by atoms with Gasteiger partial charge in [0.15, 0.2) is 0 Å². The number of aliphatic hydroxyl groups is 2. The smallest absolute Gasteiger partial charge is 0.270 e. The van der Waals surface area contributed by atoms with E-state index in [2.05, 4.69) is 0 Å². The fourth-order valence-corrected chi connectivity index (χ4v) is 1.07. The van der Waals surface area contributed by atoms with Crippen LogP contribution in [0.15, 0.2) is 0 Å². The molecule has 3 N–H and O–H groups in total. The van der Waals surface area contributed by atoms with E-state index in [0.29, 0.717) is 0 Å². The predicted molar refractivity (Wildman–Crippen MR) is 39.9 cm³/mol. The fraction of sp³-hybridized carbons (Fsp3) is 1.00. The molecule has 0 aromatic heterocycles. The first kappa shape index (κ1) is 14.4. The molecule has 0 aliphatic carbocycles. The maximum atomic E-state index is 10.2. The Morgan fingerprint density at radius 3 is 1.82 bits per heavy atom. The summed E-state index contributed by atoms with van der Waals surface area (Å²) in [5, 5.41) is 15.3. The second-order valence-electron chi connectivity index (χ2n) is 1.83. The predicted octanol–water partition coefficient (Wildman–Crippen LogP) is -1.76. The van der Waals surface area contributed by atoms with Gasteiger partial charge in [-0.3, -0.25) is 4.55 Å². The van der Waals surface area contributed by atoms with Crippen LogP contribution in [0.1, 0.15) is 6.42 Å². The first-order valence-corrected chi connectivity index (χ1v) is 4.20. The third-order valence-electron chi connectivity index (χ3n) is 1.08. The Bertz CT molecular complexity index is 177. The molecule has 0 bridgehead atoms. The summed E-state index contributed by atoms with van der Waals surface area (Å²) in [5.74, 6) is 0. The van der Waals surface area contributed by atoms with Gasteiger partial charge in [0.1, 0.15) is 5.25 Å². The van der Waals surface area contributed by atoms with Crippen molar-refractivity contribution in [3.8, 4) is 0 Å². The molecular weight excluding hydrogens is 183 g/mol. The minimum Gasteiger partial charge on any atom is -0.396 e. The van der Waals surface area contributed by atoms with Crippen molar-refractivity contribution in [3.05, 3.63) is 0 Å². The molecule has 0 saturated heterocycles. The van der Waals surface area contributed by atoms with Crippen molar-refractivity contribution < 1.29 is 23.2 Å². The molecule has 0 rings (SSSR count). The van der Waals surface area contributed by atoms with E-state index in [-0.39, 0.29) is 42.6 Å². The molecule has 63 valence electrons. The second kappa shape index (κ2) is 6.36. The van der Waals surface area contributed by atoms with Crippen LogP contribution in [-0.2, 0) is 10.1 Å². The summed E-state index contributed by atoms with van der Waals surface area (Å²) in [6.07, 6.45) is -0.144. The molecule has 7 heteroatoms. The molecule has 1 atom stereocenters. The van der Waals surface area contributed by atoms with Gasteiger partial charge in [0.2, 0.25) is 0 Å². The summed E-state index contributed by atoms with van der Waals surface area (Å²) in [5.41, 5.74) is 0. The van der Waals surface area contributed by atoms with Gasteiger partial charge in [-0.1, -0.05) is 0 Å². The molecule has 0 spiro atoms. The van der Waals surface area contributed by atoms with Crippen molar-refractivity contribution in [2.45, 2.75) is 11.7 Å². The van der Waals surface area contributed by atoms with Gasteiger partial charge in [-0.05, 0) is 6.42 Å². The first-order chi connectivity index (χ1) is 4.52. The molecule has 0 heterocycles. The van der Waals surface area contributed by atoms with Crippen LogP contribution in [0.5, 0.6) is 0 Å². The van der Waals surface area contributed by atoms with Crippen molar-refractivity contribution in [3.63, 3.8) is 0 Å². The Morgan fingerprint density at radius 2 is 1.73 bits per heavy atom. The van der Waals surface area contributed by atoms with E-state index in [9.17, 15) is 8.42 Å². The van der Waals surface area contributed by atoms with Crippen LogP contribution in [0.4, 0.5) is 0 Å². The fourth-order valence-electron chi connectivity index (χ4n) is 0.478. The topological polar surface area (TPSA) is 94.8 Å². The van der Waals surface area contributed by atoms with Crippen LogP contribution < -0.4 is 0 Å². The molecule has 0 saturated carbocycles. The van der Waals surface area contributed by atoms with Gasteiger partial charge in [0.05, 0.1) is 6.61 Å².